The summed E-state index contributed by atoms with van der Waals surface area (Å²) < 4.78 is 0. The van der Waals surface area contributed by atoms with Crippen LogP contribution in [0.25, 0.3) is 0 Å². The van der Waals surface area contributed by atoms with E-state index in [9.17, 15) is 14.4 Å². The van der Waals surface area contributed by atoms with Crippen molar-refractivity contribution in [2.24, 2.45) is 0 Å². The molecule has 0 atom stereocenters. The minimum absolute atomic E-state index is 0.0542. The summed E-state index contributed by atoms with van der Waals surface area (Å²) in [4.78, 5) is 37.1. The van der Waals surface area contributed by atoms with E-state index >= 15 is 0 Å². The Kier molecular flexibility index (Phi) is 6.84. The first kappa shape index (κ1) is 20.4. The Morgan fingerprint density at radius 3 is 2.24 bits per heavy atom. The lowest BCUT2D eigenvalue weighted by atomic mass is 10.1. The highest BCUT2D eigenvalue weighted by molar-refractivity contribution is 5.89. The molecule has 0 spiro atoms. The molecular formula is C22H26N4O3. The number of hydrogen-bond donors (Lipinski definition) is 3. The van der Waals surface area contributed by atoms with E-state index in [1.165, 1.54) is 0 Å². The third-order valence-corrected chi connectivity index (χ3v) is 4.88. The van der Waals surface area contributed by atoms with Crippen molar-refractivity contribution in [1.29, 1.82) is 0 Å². The molecule has 2 aromatic carbocycles. The number of amides is 4. The Hall–Kier alpha value is -3.35. The summed E-state index contributed by atoms with van der Waals surface area (Å²) in [5, 5.41) is 8.18. The molecule has 1 saturated heterocycles. The predicted octanol–water partition coefficient (Wildman–Crippen LogP) is 2.42. The standard InChI is InChI=1S/C22H26N4O3/c1-23-20(27)13-16-8-10-19(11-9-16)25-22(29)24-14-17-4-6-18(7-5-17)15-26-12-2-3-21(26)28/h4-11H,2-3,12-15H2,1H3,(H,23,27)(H2,24,25,29). The minimum Gasteiger partial charge on any atom is -0.359 e. The number of hydrogen-bond acceptors (Lipinski definition) is 3. The number of benzene rings is 2. The molecule has 1 aliphatic heterocycles. The van der Waals surface area contributed by atoms with E-state index in [2.05, 4.69) is 16.0 Å². The van der Waals surface area contributed by atoms with Crippen molar-refractivity contribution < 1.29 is 14.4 Å². The normalized spacial score (nSPS) is 13.3. The van der Waals surface area contributed by atoms with Gasteiger partial charge in [0, 0.05) is 38.8 Å². The molecular weight excluding hydrogens is 368 g/mol. The van der Waals surface area contributed by atoms with E-state index in [0.29, 0.717) is 31.6 Å². The van der Waals surface area contributed by atoms with Crippen LogP contribution in [0.4, 0.5) is 10.5 Å². The lowest BCUT2D eigenvalue weighted by Gasteiger charge is -2.15. The number of carbonyl (C=O) groups is 3. The lowest BCUT2D eigenvalue weighted by Crippen LogP contribution is -2.28. The van der Waals surface area contributed by atoms with Gasteiger partial charge in [0.15, 0.2) is 0 Å². The molecule has 7 nitrogen and oxygen atoms in total. The van der Waals surface area contributed by atoms with Crippen molar-refractivity contribution in [1.82, 2.24) is 15.5 Å². The van der Waals surface area contributed by atoms with Crippen molar-refractivity contribution in [3.8, 4) is 0 Å². The fourth-order valence-corrected chi connectivity index (χ4v) is 3.19. The Bertz CT molecular complexity index is 863. The molecule has 1 fully saturated rings. The fraction of sp³-hybridized carbons (Fsp3) is 0.318. The largest absolute Gasteiger partial charge is 0.359 e. The third kappa shape index (κ3) is 6.07. The molecule has 0 unspecified atom stereocenters. The molecule has 0 aliphatic carbocycles. The molecule has 3 N–H and O–H groups in total. The summed E-state index contributed by atoms with van der Waals surface area (Å²) in [6.45, 7) is 1.88. The summed E-state index contributed by atoms with van der Waals surface area (Å²) >= 11 is 0. The average Bonchev–Trinajstić information content (AvgIpc) is 3.13. The van der Waals surface area contributed by atoms with Crippen LogP contribution < -0.4 is 16.0 Å². The fourth-order valence-electron chi connectivity index (χ4n) is 3.19. The number of urea groups is 1. The highest BCUT2D eigenvalue weighted by atomic mass is 16.2. The van der Waals surface area contributed by atoms with Gasteiger partial charge in [0.2, 0.25) is 11.8 Å². The lowest BCUT2D eigenvalue weighted by molar-refractivity contribution is -0.128. The first-order chi connectivity index (χ1) is 14.0. The smallest absolute Gasteiger partial charge is 0.319 e. The minimum atomic E-state index is -0.296. The van der Waals surface area contributed by atoms with Gasteiger partial charge in [-0.3, -0.25) is 9.59 Å². The maximum atomic E-state index is 12.1. The van der Waals surface area contributed by atoms with Crippen LogP contribution in [-0.4, -0.2) is 36.3 Å². The average molecular weight is 394 g/mol. The van der Waals surface area contributed by atoms with E-state index in [1.807, 2.05) is 41.3 Å². The van der Waals surface area contributed by atoms with Gasteiger partial charge in [-0.05, 0) is 35.2 Å². The van der Waals surface area contributed by atoms with Gasteiger partial charge in [-0.2, -0.15) is 0 Å². The summed E-state index contributed by atoms with van der Waals surface area (Å²) in [6, 6.07) is 14.8. The van der Waals surface area contributed by atoms with Crippen LogP contribution in [0, 0.1) is 0 Å². The van der Waals surface area contributed by atoms with E-state index in [-0.39, 0.29) is 17.8 Å². The van der Waals surface area contributed by atoms with Crippen LogP contribution in [0.5, 0.6) is 0 Å². The van der Waals surface area contributed by atoms with Crippen molar-refractivity contribution in [3.05, 3.63) is 65.2 Å². The van der Waals surface area contributed by atoms with E-state index in [1.54, 1.807) is 19.2 Å². The zero-order chi connectivity index (χ0) is 20.6. The monoisotopic (exact) mass is 394 g/mol. The Morgan fingerprint density at radius 1 is 0.966 bits per heavy atom. The van der Waals surface area contributed by atoms with E-state index in [0.717, 1.165) is 29.7 Å². The Labute approximate surface area is 170 Å². The van der Waals surface area contributed by atoms with Crippen LogP contribution >= 0.6 is 0 Å². The molecule has 1 aliphatic rings. The quantitative estimate of drug-likeness (QED) is 0.674. The highest BCUT2D eigenvalue weighted by Gasteiger charge is 2.19. The SMILES string of the molecule is CNC(=O)Cc1ccc(NC(=O)NCc2ccc(CN3CCCC3=O)cc2)cc1. The zero-order valence-electron chi connectivity index (χ0n) is 16.5. The van der Waals surface area contributed by atoms with Crippen molar-refractivity contribution >= 4 is 23.5 Å². The number of anilines is 1. The highest BCUT2D eigenvalue weighted by Crippen LogP contribution is 2.15. The summed E-state index contributed by atoms with van der Waals surface area (Å²) in [7, 11) is 1.60. The maximum absolute atomic E-state index is 12.1. The van der Waals surface area contributed by atoms with Gasteiger partial charge in [0.1, 0.15) is 0 Å². The van der Waals surface area contributed by atoms with Gasteiger partial charge < -0.3 is 20.9 Å². The van der Waals surface area contributed by atoms with E-state index in [4.69, 9.17) is 0 Å². The number of likely N-dealkylation sites (tertiary alicyclic amines) is 1. The summed E-state index contributed by atoms with van der Waals surface area (Å²) in [5.74, 6) is 0.163. The molecule has 29 heavy (non-hydrogen) atoms. The number of carbonyl (C=O) groups excluding carboxylic acids is 3. The number of nitrogens with zero attached hydrogens (tertiary/aromatic N) is 1. The molecule has 0 radical (unpaired) electrons. The molecule has 7 heteroatoms. The van der Waals surface area contributed by atoms with Crippen LogP contribution in [0.15, 0.2) is 48.5 Å². The van der Waals surface area contributed by atoms with Gasteiger partial charge in [-0.25, -0.2) is 4.79 Å². The second kappa shape index (κ2) is 9.73. The second-order valence-corrected chi connectivity index (χ2v) is 7.09. The second-order valence-electron chi connectivity index (χ2n) is 7.09. The Balaban J connectivity index is 1.44. The molecule has 1 heterocycles. The molecule has 0 aromatic heterocycles. The third-order valence-electron chi connectivity index (χ3n) is 4.88. The first-order valence-corrected chi connectivity index (χ1v) is 9.73. The number of nitrogens with one attached hydrogen (secondary N) is 3. The van der Waals surface area contributed by atoms with Crippen LogP contribution in [0.3, 0.4) is 0 Å². The molecule has 2 aromatic rings. The summed E-state index contributed by atoms with van der Waals surface area (Å²) in [5.41, 5.74) is 3.61. The van der Waals surface area contributed by atoms with Gasteiger partial charge in [-0.15, -0.1) is 0 Å². The van der Waals surface area contributed by atoms with E-state index < -0.39 is 0 Å². The van der Waals surface area contributed by atoms with Gasteiger partial charge >= 0.3 is 6.03 Å². The number of rotatable bonds is 7. The molecule has 3 rings (SSSR count). The zero-order valence-corrected chi connectivity index (χ0v) is 16.5. The molecule has 152 valence electrons. The van der Waals surface area contributed by atoms with Crippen LogP contribution in [-0.2, 0) is 29.1 Å². The number of likely N-dealkylation sites (N-methyl/N-ethyl adjacent to an activating group) is 1. The molecule has 0 bridgehead atoms. The first-order valence-electron chi connectivity index (χ1n) is 9.73. The predicted molar refractivity (Wildman–Crippen MR) is 111 cm³/mol. The Morgan fingerprint density at radius 2 is 1.62 bits per heavy atom. The van der Waals surface area contributed by atoms with Crippen molar-refractivity contribution in [3.63, 3.8) is 0 Å². The van der Waals surface area contributed by atoms with Crippen LogP contribution in [0.2, 0.25) is 0 Å². The van der Waals surface area contributed by atoms with Gasteiger partial charge in [0.25, 0.3) is 0 Å². The maximum Gasteiger partial charge on any atom is 0.319 e. The molecule has 0 saturated carbocycles. The van der Waals surface area contributed by atoms with Crippen molar-refractivity contribution in [2.75, 3.05) is 18.9 Å². The molecule has 4 amide bonds. The van der Waals surface area contributed by atoms with Gasteiger partial charge in [0.05, 0.1) is 6.42 Å². The summed E-state index contributed by atoms with van der Waals surface area (Å²) in [6.07, 6.45) is 1.89. The topological polar surface area (TPSA) is 90.5 Å². The van der Waals surface area contributed by atoms with Gasteiger partial charge in [-0.1, -0.05) is 36.4 Å². The van der Waals surface area contributed by atoms with Crippen LogP contribution in [0.1, 0.15) is 29.5 Å². The van der Waals surface area contributed by atoms with Crippen molar-refractivity contribution in [2.45, 2.75) is 32.4 Å².